The highest BCUT2D eigenvalue weighted by Gasteiger charge is 2.11. The van der Waals surface area contributed by atoms with Crippen LogP contribution in [0, 0.1) is 6.92 Å². The number of pyridine rings is 2. The molecular weight excluding hydrogens is 255 g/mol. The maximum absolute atomic E-state index is 6.24. The van der Waals surface area contributed by atoms with Gasteiger partial charge in [0.15, 0.2) is 0 Å². The number of nitrogens with zero attached hydrogens (tertiary/aromatic N) is 2. The first kappa shape index (κ1) is 10.8. The van der Waals surface area contributed by atoms with E-state index < -0.39 is 0 Å². The summed E-state index contributed by atoms with van der Waals surface area (Å²) in [5, 5.41) is 3.11. The van der Waals surface area contributed by atoms with Crippen molar-refractivity contribution in [1.82, 2.24) is 9.97 Å². The van der Waals surface area contributed by atoms with Crippen molar-refractivity contribution in [2.45, 2.75) is 6.92 Å². The Hall–Kier alpha value is -1.38. The second kappa shape index (κ2) is 3.83. The van der Waals surface area contributed by atoms with E-state index in [2.05, 4.69) is 9.97 Å². The Morgan fingerprint density at radius 2 is 1.59 bits per heavy atom. The van der Waals surface area contributed by atoms with Gasteiger partial charge >= 0.3 is 0 Å². The summed E-state index contributed by atoms with van der Waals surface area (Å²) in [5.74, 6) is 0. The number of halogens is 2. The van der Waals surface area contributed by atoms with Crippen molar-refractivity contribution in [2.24, 2.45) is 0 Å². The number of fused-ring (bicyclic) bond motifs is 3. The molecule has 0 aliphatic carbocycles. The van der Waals surface area contributed by atoms with Crippen LogP contribution in [0.1, 0.15) is 5.56 Å². The number of aromatic nitrogens is 2. The Bertz CT molecular complexity index is 738. The lowest BCUT2D eigenvalue weighted by Crippen LogP contribution is -1.89. The van der Waals surface area contributed by atoms with Gasteiger partial charge in [0.1, 0.15) is 0 Å². The van der Waals surface area contributed by atoms with E-state index in [0.717, 1.165) is 27.4 Å². The van der Waals surface area contributed by atoms with Crippen LogP contribution < -0.4 is 0 Å². The predicted octanol–water partition coefficient (Wildman–Crippen LogP) is 4.40. The molecule has 1 aromatic carbocycles. The standard InChI is InChI=1S/C13H8Cl2N2/c1-7-6-8-9(14)2-4-17-13(8)11-10(15)3-5-16-12(7)11/h2-6H,1H3. The number of rotatable bonds is 0. The first-order chi connectivity index (χ1) is 8.18. The maximum atomic E-state index is 6.24. The second-order valence-electron chi connectivity index (χ2n) is 3.90. The zero-order valence-electron chi connectivity index (χ0n) is 9.04. The van der Waals surface area contributed by atoms with Gasteiger partial charge in [0.25, 0.3) is 0 Å². The van der Waals surface area contributed by atoms with Gasteiger partial charge in [0.05, 0.1) is 21.1 Å². The van der Waals surface area contributed by atoms with Crippen molar-refractivity contribution in [3.63, 3.8) is 0 Å². The van der Waals surface area contributed by atoms with E-state index in [9.17, 15) is 0 Å². The first-order valence-electron chi connectivity index (χ1n) is 5.16. The summed E-state index contributed by atoms with van der Waals surface area (Å²) in [6.07, 6.45) is 3.39. The summed E-state index contributed by atoms with van der Waals surface area (Å²) >= 11 is 12.4. The van der Waals surface area contributed by atoms with Crippen molar-refractivity contribution in [3.05, 3.63) is 46.2 Å². The Morgan fingerprint density at radius 3 is 2.35 bits per heavy atom. The third-order valence-corrected chi connectivity index (χ3v) is 3.45. The SMILES string of the molecule is Cc1cc2c(Cl)ccnc2c2c(Cl)ccnc12. The first-order valence-corrected chi connectivity index (χ1v) is 5.92. The topological polar surface area (TPSA) is 25.8 Å². The molecule has 0 aliphatic heterocycles. The van der Waals surface area contributed by atoms with Crippen LogP contribution in [0.25, 0.3) is 21.8 Å². The molecule has 4 heteroatoms. The molecule has 0 saturated carbocycles. The van der Waals surface area contributed by atoms with Crippen LogP contribution in [-0.2, 0) is 0 Å². The van der Waals surface area contributed by atoms with Crippen molar-refractivity contribution >= 4 is 45.0 Å². The second-order valence-corrected chi connectivity index (χ2v) is 4.71. The van der Waals surface area contributed by atoms with Gasteiger partial charge in [-0.25, -0.2) is 0 Å². The van der Waals surface area contributed by atoms with Gasteiger partial charge in [-0.3, -0.25) is 9.97 Å². The van der Waals surface area contributed by atoms with E-state index in [4.69, 9.17) is 23.2 Å². The van der Waals surface area contributed by atoms with E-state index in [-0.39, 0.29) is 0 Å². The molecule has 0 fully saturated rings. The van der Waals surface area contributed by atoms with E-state index in [1.165, 1.54) is 0 Å². The number of benzene rings is 1. The third-order valence-electron chi connectivity index (χ3n) is 2.81. The number of hydrogen-bond donors (Lipinski definition) is 0. The lowest BCUT2D eigenvalue weighted by Gasteiger charge is -2.08. The fraction of sp³-hybridized carbons (Fsp3) is 0.0769. The fourth-order valence-electron chi connectivity index (χ4n) is 2.03. The predicted molar refractivity (Wildman–Crippen MR) is 71.8 cm³/mol. The van der Waals surface area contributed by atoms with Gasteiger partial charge in [0.2, 0.25) is 0 Å². The molecule has 0 radical (unpaired) electrons. The molecule has 2 aromatic heterocycles. The smallest absolute Gasteiger partial charge is 0.0826 e. The van der Waals surface area contributed by atoms with Crippen LogP contribution in [0.3, 0.4) is 0 Å². The molecule has 3 aromatic rings. The van der Waals surface area contributed by atoms with Crippen LogP contribution in [0.2, 0.25) is 10.0 Å². The Labute approximate surface area is 108 Å². The number of aryl methyl sites for hydroxylation is 1. The molecule has 2 heterocycles. The fourth-order valence-corrected chi connectivity index (χ4v) is 2.47. The van der Waals surface area contributed by atoms with Crippen molar-refractivity contribution < 1.29 is 0 Å². The van der Waals surface area contributed by atoms with Crippen molar-refractivity contribution in [2.75, 3.05) is 0 Å². The van der Waals surface area contributed by atoms with Crippen LogP contribution in [0.4, 0.5) is 0 Å². The van der Waals surface area contributed by atoms with Crippen molar-refractivity contribution in [1.29, 1.82) is 0 Å². The van der Waals surface area contributed by atoms with Crippen LogP contribution >= 0.6 is 23.2 Å². The zero-order chi connectivity index (χ0) is 12.0. The lowest BCUT2D eigenvalue weighted by atomic mass is 10.1. The highest BCUT2D eigenvalue weighted by Crippen LogP contribution is 2.33. The molecule has 0 amide bonds. The molecule has 0 saturated heterocycles. The van der Waals surface area contributed by atoms with Gasteiger partial charge < -0.3 is 0 Å². The maximum Gasteiger partial charge on any atom is 0.0826 e. The molecule has 84 valence electrons. The average molecular weight is 263 g/mol. The summed E-state index contributed by atoms with van der Waals surface area (Å²) in [4.78, 5) is 8.72. The lowest BCUT2D eigenvalue weighted by molar-refractivity contribution is 1.36. The molecule has 3 rings (SSSR count). The highest BCUT2D eigenvalue weighted by molar-refractivity contribution is 6.39. The van der Waals surface area contributed by atoms with E-state index in [1.54, 1.807) is 24.5 Å². The quantitative estimate of drug-likeness (QED) is 0.562. The van der Waals surface area contributed by atoms with Gasteiger partial charge in [-0.1, -0.05) is 23.2 Å². The van der Waals surface area contributed by atoms with Crippen LogP contribution in [-0.4, -0.2) is 9.97 Å². The Balaban J connectivity index is 2.68. The summed E-state index contributed by atoms with van der Waals surface area (Å²) in [6, 6.07) is 5.54. The summed E-state index contributed by atoms with van der Waals surface area (Å²) in [5.41, 5.74) is 2.72. The molecule has 0 N–H and O–H groups in total. The van der Waals surface area contributed by atoms with E-state index in [0.29, 0.717) is 10.0 Å². The van der Waals surface area contributed by atoms with Gasteiger partial charge in [-0.15, -0.1) is 0 Å². The number of hydrogen-bond acceptors (Lipinski definition) is 2. The van der Waals surface area contributed by atoms with E-state index in [1.807, 2.05) is 13.0 Å². The zero-order valence-corrected chi connectivity index (χ0v) is 10.5. The monoisotopic (exact) mass is 262 g/mol. The molecule has 2 nitrogen and oxygen atoms in total. The highest BCUT2D eigenvalue weighted by atomic mass is 35.5. The van der Waals surface area contributed by atoms with Crippen molar-refractivity contribution in [3.8, 4) is 0 Å². The minimum Gasteiger partial charge on any atom is -0.256 e. The average Bonchev–Trinajstić information content (AvgIpc) is 2.31. The summed E-state index contributed by atoms with van der Waals surface area (Å²) in [7, 11) is 0. The normalized spacial score (nSPS) is 11.2. The Morgan fingerprint density at radius 1 is 0.941 bits per heavy atom. The Kier molecular flexibility index (Phi) is 2.42. The van der Waals surface area contributed by atoms with Crippen LogP contribution in [0.15, 0.2) is 30.6 Å². The molecule has 0 bridgehead atoms. The molecule has 0 spiro atoms. The largest absolute Gasteiger partial charge is 0.256 e. The van der Waals surface area contributed by atoms with Gasteiger partial charge in [0, 0.05) is 23.2 Å². The van der Waals surface area contributed by atoms with Gasteiger partial charge in [-0.05, 0) is 30.7 Å². The molecule has 0 atom stereocenters. The van der Waals surface area contributed by atoms with E-state index >= 15 is 0 Å². The summed E-state index contributed by atoms with van der Waals surface area (Å²) < 4.78 is 0. The molecule has 0 unspecified atom stereocenters. The van der Waals surface area contributed by atoms with Gasteiger partial charge in [-0.2, -0.15) is 0 Å². The molecule has 17 heavy (non-hydrogen) atoms. The minimum absolute atomic E-state index is 0.651. The third kappa shape index (κ3) is 1.56. The van der Waals surface area contributed by atoms with Crippen LogP contribution in [0.5, 0.6) is 0 Å². The molecule has 0 aliphatic rings. The minimum atomic E-state index is 0.651. The molecular formula is C13H8Cl2N2. The summed E-state index contributed by atoms with van der Waals surface area (Å²) in [6.45, 7) is 1.99.